The normalized spacial score (nSPS) is 60.9. The van der Waals surface area contributed by atoms with Crippen molar-refractivity contribution in [2.45, 2.75) is 103 Å². The Balaban J connectivity index is 0.891. The molecule has 0 N–H and O–H groups in total. The van der Waals surface area contributed by atoms with Gasteiger partial charge in [-0.25, -0.2) is 0 Å². The molecule has 0 radical (unpaired) electrons. The fourth-order valence-electron chi connectivity index (χ4n) is 24.6. The summed E-state index contributed by atoms with van der Waals surface area (Å²) < 4.78 is 0. The van der Waals surface area contributed by atoms with Crippen LogP contribution >= 0.6 is 0 Å². The lowest BCUT2D eigenvalue weighted by molar-refractivity contribution is -0.138. The highest BCUT2D eigenvalue weighted by Gasteiger charge is 2.90. The van der Waals surface area contributed by atoms with E-state index >= 15 is 0 Å². The van der Waals surface area contributed by atoms with E-state index in [1.54, 1.807) is 18.4 Å². The molecule has 1 nitrogen and oxygen atoms in total. The highest BCUT2D eigenvalue weighted by Crippen LogP contribution is 2.94. The average molecular weight is 740 g/mol. The number of fused-ring (bicyclic) bond motifs is 3. The van der Waals surface area contributed by atoms with E-state index in [0.29, 0.717) is 5.41 Å². The average Bonchev–Trinajstić information content (AvgIpc) is 4.07. The molecule has 0 bridgehead atoms. The van der Waals surface area contributed by atoms with Crippen LogP contribution in [0.4, 0.5) is 0 Å². The van der Waals surface area contributed by atoms with Crippen molar-refractivity contribution in [3.63, 3.8) is 0 Å². The van der Waals surface area contributed by atoms with Gasteiger partial charge in [0.1, 0.15) is 0 Å². The van der Waals surface area contributed by atoms with Crippen molar-refractivity contribution in [1.82, 2.24) is 4.90 Å². The molecule has 290 valence electrons. The van der Waals surface area contributed by atoms with Gasteiger partial charge in [-0.1, -0.05) is 131 Å². The van der Waals surface area contributed by atoms with Gasteiger partial charge >= 0.3 is 0 Å². The van der Waals surface area contributed by atoms with Crippen LogP contribution in [0.25, 0.3) is 0 Å². The summed E-state index contributed by atoms with van der Waals surface area (Å²) in [6, 6.07) is 0.725. The monoisotopic (exact) mass is 740 g/mol. The second kappa shape index (κ2) is 9.53. The predicted octanol–water partition coefficient (Wildman–Crippen LogP) is 11.4. The summed E-state index contributed by atoms with van der Waals surface area (Å²) >= 11 is 0. The molecule has 0 aromatic heterocycles. The molecule has 1 saturated heterocycles. The summed E-state index contributed by atoms with van der Waals surface area (Å²) in [6.45, 7) is 6.54. The molecular formula is C55H65N. The van der Waals surface area contributed by atoms with Gasteiger partial charge in [-0.15, -0.1) is 0 Å². The maximum absolute atomic E-state index is 3.08. The first-order valence-corrected chi connectivity index (χ1v) is 25.4. The Morgan fingerprint density at radius 3 is 2.18 bits per heavy atom. The molecular weight excluding hydrogens is 675 g/mol. The van der Waals surface area contributed by atoms with E-state index in [1.807, 2.05) is 16.7 Å². The molecule has 56 heavy (non-hydrogen) atoms. The highest BCUT2D eigenvalue weighted by molar-refractivity contribution is 5.78. The van der Waals surface area contributed by atoms with E-state index in [1.165, 1.54) is 77.2 Å². The molecule has 1 heteroatoms. The van der Waals surface area contributed by atoms with Crippen molar-refractivity contribution in [2.75, 3.05) is 13.6 Å². The number of rotatable bonds is 11. The smallest absolute Gasteiger partial charge is 0.0421 e. The second-order valence-electron chi connectivity index (χ2n) is 24.4. The Morgan fingerprint density at radius 1 is 0.607 bits per heavy atom. The van der Waals surface area contributed by atoms with Gasteiger partial charge in [-0.05, 0) is 167 Å². The van der Waals surface area contributed by atoms with E-state index in [0.717, 1.165) is 130 Å². The molecule has 0 aromatic rings. The minimum absolute atomic E-state index is 0.241. The first-order chi connectivity index (χ1) is 27.7. The van der Waals surface area contributed by atoms with Gasteiger partial charge in [0.25, 0.3) is 0 Å². The van der Waals surface area contributed by atoms with Gasteiger partial charge in [-0.2, -0.15) is 0 Å². The molecule has 2 spiro atoms. The van der Waals surface area contributed by atoms with Gasteiger partial charge in [0, 0.05) is 35.3 Å². The van der Waals surface area contributed by atoms with E-state index in [9.17, 15) is 0 Å². The zero-order valence-electron chi connectivity index (χ0n) is 34.5. The number of likely N-dealkylation sites (tertiary alicyclic amines) is 1. The van der Waals surface area contributed by atoms with Crippen LogP contribution < -0.4 is 0 Å². The van der Waals surface area contributed by atoms with Crippen LogP contribution in [-0.2, 0) is 0 Å². The zero-order valence-corrected chi connectivity index (χ0v) is 34.5. The van der Waals surface area contributed by atoms with Gasteiger partial charge in [0.15, 0.2) is 0 Å². The third-order valence-electron chi connectivity index (χ3n) is 24.3. The zero-order chi connectivity index (χ0) is 36.0. The fourth-order valence-corrected chi connectivity index (χ4v) is 24.6. The van der Waals surface area contributed by atoms with Crippen LogP contribution in [0.2, 0.25) is 0 Å². The van der Waals surface area contributed by atoms with Crippen LogP contribution in [0, 0.1) is 135 Å². The lowest BCUT2D eigenvalue weighted by Gasteiger charge is -2.65. The first kappa shape index (κ1) is 31.1. The molecule has 17 aliphatic rings. The molecule has 16 aliphatic carbocycles. The van der Waals surface area contributed by atoms with Gasteiger partial charge in [0.2, 0.25) is 0 Å². The van der Waals surface area contributed by atoms with Crippen molar-refractivity contribution in [2.24, 2.45) is 135 Å². The number of hydrogen-bond donors (Lipinski definition) is 0. The van der Waals surface area contributed by atoms with E-state index in [-0.39, 0.29) is 5.41 Å². The molecule has 17 rings (SSSR count). The van der Waals surface area contributed by atoms with Crippen LogP contribution in [0.3, 0.4) is 0 Å². The summed E-state index contributed by atoms with van der Waals surface area (Å²) in [4.78, 5) is 3.08. The van der Waals surface area contributed by atoms with Crippen molar-refractivity contribution >= 4 is 0 Å². The Labute approximate surface area is 336 Å². The maximum Gasteiger partial charge on any atom is 0.0421 e. The van der Waals surface area contributed by atoms with Crippen molar-refractivity contribution in [1.29, 1.82) is 0 Å². The summed E-state index contributed by atoms with van der Waals surface area (Å²) in [5.74, 6) is 19.8. The quantitative estimate of drug-likeness (QED) is 0.151. The fraction of sp³-hybridized carbons (Fsp3) is 0.745. The van der Waals surface area contributed by atoms with Crippen molar-refractivity contribution < 1.29 is 0 Å². The topological polar surface area (TPSA) is 3.24 Å². The van der Waals surface area contributed by atoms with Crippen LogP contribution in [-0.4, -0.2) is 24.5 Å². The molecule has 10 fully saturated rings. The van der Waals surface area contributed by atoms with Crippen LogP contribution in [0.5, 0.6) is 0 Å². The van der Waals surface area contributed by atoms with E-state index < -0.39 is 0 Å². The lowest BCUT2D eigenvalue weighted by atomic mass is 9.36. The Bertz CT molecular complexity index is 2200. The number of unbranched alkanes of at least 4 members (excludes halogenated alkanes) is 9. The molecule has 1 heterocycles. The molecule has 0 aromatic carbocycles. The summed E-state index contributed by atoms with van der Waals surface area (Å²) in [5.41, 5.74) is 16.9. The summed E-state index contributed by atoms with van der Waals surface area (Å²) in [5, 5.41) is 0. The third-order valence-corrected chi connectivity index (χ3v) is 24.3. The Morgan fingerprint density at radius 2 is 1.32 bits per heavy atom. The second-order valence-corrected chi connectivity index (χ2v) is 24.4. The number of nitrogens with zero attached hydrogens (tertiary/aromatic N) is 1. The minimum atomic E-state index is 0.241. The number of hydrogen-bond acceptors (Lipinski definition) is 1. The summed E-state index contributed by atoms with van der Waals surface area (Å²) in [7, 11) is 2.66. The maximum atomic E-state index is 3.08. The van der Waals surface area contributed by atoms with Crippen LogP contribution in [0.1, 0.15) is 97.3 Å². The van der Waals surface area contributed by atoms with Crippen molar-refractivity contribution in [3.8, 4) is 0 Å². The molecule has 24 unspecified atom stereocenters. The first-order valence-electron chi connectivity index (χ1n) is 25.4. The summed E-state index contributed by atoms with van der Waals surface area (Å²) in [6.07, 6.45) is 36.5. The lowest BCUT2D eigenvalue weighted by Crippen LogP contribution is -2.64. The highest BCUT2D eigenvalue weighted by atomic mass is 15.2. The third kappa shape index (κ3) is 2.67. The van der Waals surface area contributed by atoms with E-state index in [4.69, 9.17) is 0 Å². The minimum Gasteiger partial charge on any atom is -0.301 e. The Hall–Kier alpha value is -1.86. The van der Waals surface area contributed by atoms with Crippen LogP contribution in [0.15, 0.2) is 81.0 Å². The van der Waals surface area contributed by atoms with Gasteiger partial charge in [-0.3, -0.25) is 0 Å². The SMILES string of the molecule is CCCCCCCCCCCCC1N(C)CC23C4=C5C=CC6C7C5=C2C2C5=C7C7C6C=CC6C8CCC9C%10C(C)C%11=C(C=C4)C13C1C%11C%10C3C9C8C(C5C3C21)C67. The standard InChI is InChI=1S/C55H65N/c1-4-5-6-7-8-9-10-11-12-13-14-33-55-32-22-21-31-29-19-17-28-26-16-15-25-27-18-20-30-34-24(2)35(32)49-42(34)45-40(30)38(27)43-36(25)37(26)44-39(28)41(29)52(54(31,55)23-56(33)3)50-47(44)46(43)48(45)51(50)53(49)55/h15-17,19,21-22,24-28,30,33-34,36-40,42-43,45-46,48-51,53H,4-14,18,20,23H2,1-3H3. The number of allylic oxidation sites excluding steroid dienone is 11. The molecule has 0 amide bonds. The van der Waals surface area contributed by atoms with Gasteiger partial charge < -0.3 is 4.90 Å². The molecule has 24 atom stereocenters. The van der Waals surface area contributed by atoms with Gasteiger partial charge in [0.05, 0.1) is 0 Å². The predicted molar refractivity (Wildman–Crippen MR) is 221 cm³/mol. The largest absolute Gasteiger partial charge is 0.301 e. The Kier molecular flexibility index (Phi) is 5.29. The van der Waals surface area contributed by atoms with Crippen molar-refractivity contribution in [3.05, 3.63) is 81.0 Å². The molecule has 9 saturated carbocycles. The van der Waals surface area contributed by atoms with E-state index in [2.05, 4.69) is 84.5 Å². The molecule has 1 aliphatic heterocycles.